The molecule has 2 amide bonds. The summed E-state index contributed by atoms with van der Waals surface area (Å²) in [6.07, 6.45) is 1.48. The third-order valence-corrected chi connectivity index (χ3v) is 9.72. The van der Waals surface area contributed by atoms with Crippen molar-refractivity contribution in [1.29, 1.82) is 0 Å². The zero-order chi connectivity index (χ0) is 27.1. The number of hydrogen-bond acceptors (Lipinski definition) is 5. The minimum atomic E-state index is -4.03. The zero-order valence-corrected chi connectivity index (χ0v) is 23.0. The number of thiophene rings is 1. The van der Waals surface area contributed by atoms with Gasteiger partial charge in [0, 0.05) is 39.8 Å². The van der Waals surface area contributed by atoms with E-state index in [2.05, 4.69) is 11.3 Å². The molecule has 2 heterocycles. The van der Waals surface area contributed by atoms with E-state index in [-0.39, 0.29) is 36.2 Å². The highest BCUT2D eigenvalue weighted by Gasteiger charge is 2.38. The monoisotopic (exact) mass is 563 g/mol. The van der Waals surface area contributed by atoms with Crippen molar-refractivity contribution < 1.29 is 22.4 Å². The largest absolute Gasteiger partial charge is 0.339 e. The summed E-state index contributed by atoms with van der Waals surface area (Å²) < 4.78 is 44.8. The van der Waals surface area contributed by atoms with E-state index < -0.39 is 33.0 Å². The summed E-state index contributed by atoms with van der Waals surface area (Å²) in [6.45, 7) is 7.51. The molecule has 2 aromatic carbocycles. The Balaban J connectivity index is 1.52. The lowest BCUT2D eigenvalue weighted by Crippen LogP contribution is -2.43. The van der Waals surface area contributed by atoms with Crippen molar-refractivity contribution in [2.24, 2.45) is 0 Å². The number of halogens is 2. The minimum absolute atomic E-state index is 0.00268. The van der Waals surface area contributed by atoms with E-state index in [4.69, 9.17) is 11.6 Å². The van der Waals surface area contributed by atoms with Gasteiger partial charge in [-0.1, -0.05) is 23.7 Å². The summed E-state index contributed by atoms with van der Waals surface area (Å²) in [6, 6.07) is 9.89. The van der Waals surface area contributed by atoms with Gasteiger partial charge < -0.3 is 9.80 Å². The topological polar surface area (TPSA) is 86.8 Å². The van der Waals surface area contributed by atoms with Gasteiger partial charge in [0.15, 0.2) is 0 Å². The van der Waals surface area contributed by atoms with Crippen LogP contribution in [0.4, 0.5) is 10.1 Å². The van der Waals surface area contributed by atoms with Crippen LogP contribution in [-0.4, -0.2) is 50.8 Å². The Morgan fingerprint density at radius 1 is 1.27 bits per heavy atom. The summed E-state index contributed by atoms with van der Waals surface area (Å²) in [5, 5.41) is 0.322. The normalized spacial score (nSPS) is 17.0. The first-order chi connectivity index (χ1) is 17.4. The van der Waals surface area contributed by atoms with Crippen LogP contribution in [0.1, 0.15) is 40.8 Å². The molecule has 2 atom stereocenters. The van der Waals surface area contributed by atoms with E-state index in [1.165, 1.54) is 39.3 Å². The fraction of sp³-hybridized carbons (Fsp3) is 0.308. The van der Waals surface area contributed by atoms with E-state index in [9.17, 15) is 22.4 Å². The van der Waals surface area contributed by atoms with Gasteiger partial charge in [0.05, 0.1) is 5.69 Å². The molecule has 37 heavy (non-hydrogen) atoms. The molecule has 3 aromatic rings. The van der Waals surface area contributed by atoms with Crippen molar-refractivity contribution in [3.63, 3.8) is 0 Å². The van der Waals surface area contributed by atoms with Gasteiger partial charge in [0.25, 0.3) is 5.91 Å². The molecule has 0 radical (unpaired) electrons. The summed E-state index contributed by atoms with van der Waals surface area (Å²) in [7, 11) is -2.40. The number of nitrogens with zero attached hydrogens (tertiary/aromatic N) is 2. The first kappa shape index (κ1) is 27.3. The predicted octanol–water partition coefficient (Wildman–Crippen LogP) is 5.13. The Kier molecular flexibility index (Phi) is 7.75. The lowest BCUT2D eigenvalue weighted by molar-refractivity contribution is -0.118. The molecular formula is C26H27ClFN3O4S2. The van der Waals surface area contributed by atoms with Gasteiger partial charge in [-0.15, -0.1) is 17.9 Å². The van der Waals surface area contributed by atoms with Crippen LogP contribution >= 0.6 is 22.9 Å². The van der Waals surface area contributed by atoms with Crippen molar-refractivity contribution in [1.82, 2.24) is 9.62 Å². The Morgan fingerprint density at radius 3 is 2.65 bits per heavy atom. The predicted molar refractivity (Wildman–Crippen MR) is 146 cm³/mol. The van der Waals surface area contributed by atoms with Crippen molar-refractivity contribution in [2.45, 2.75) is 37.6 Å². The Bertz CT molecular complexity index is 1490. The van der Waals surface area contributed by atoms with Gasteiger partial charge in [0.1, 0.15) is 17.1 Å². The number of amides is 2. The van der Waals surface area contributed by atoms with Crippen molar-refractivity contribution in [2.75, 3.05) is 18.5 Å². The number of rotatable bonds is 8. The third-order valence-electron chi connectivity index (χ3n) is 6.42. The average molecular weight is 564 g/mol. The van der Waals surface area contributed by atoms with Crippen LogP contribution in [0.5, 0.6) is 0 Å². The molecule has 4 rings (SSSR count). The molecule has 1 unspecified atom stereocenters. The summed E-state index contributed by atoms with van der Waals surface area (Å²) >= 11 is 7.34. The molecule has 0 spiro atoms. The molecule has 1 aromatic heterocycles. The molecule has 1 N–H and O–H groups in total. The number of anilines is 1. The van der Waals surface area contributed by atoms with Crippen LogP contribution in [0.3, 0.4) is 0 Å². The number of carbonyl (C=O) groups excluding carboxylic acids is 2. The second-order valence-corrected chi connectivity index (χ2v) is 12.5. The molecular weight excluding hydrogens is 537 g/mol. The zero-order valence-electron chi connectivity index (χ0n) is 20.6. The number of benzene rings is 2. The molecule has 7 nitrogen and oxygen atoms in total. The third kappa shape index (κ3) is 5.43. The van der Waals surface area contributed by atoms with Gasteiger partial charge in [-0.2, -0.15) is 0 Å². The number of sulfonamides is 1. The Hall–Kier alpha value is -2.79. The maximum absolute atomic E-state index is 15.0. The molecule has 0 aliphatic carbocycles. The van der Waals surface area contributed by atoms with Crippen LogP contribution in [0.2, 0.25) is 5.02 Å². The fourth-order valence-electron chi connectivity index (χ4n) is 4.16. The lowest BCUT2D eigenvalue weighted by Gasteiger charge is -2.23. The van der Waals surface area contributed by atoms with Crippen LogP contribution in [0, 0.1) is 5.82 Å². The second-order valence-electron chi connectivity index (χ2n) is 9.16. The van der Waals surface area contributed by atoms with Crippen molar-refractivity contribution in [3.8, 4) is 0 Å². The van der Waals surface area contributed by atoms with Gasteiger partial charge >= 0.3 is 0 Å². The average Bonchev–Trinajstić information content (AvgIpc) is 3.40. The van der Waals surface area contributed by atoms with Gasteiger partial charge in [0.2, 0.25) is 15.9 Å². The maximum atomic E-state index is 15.0. The SMILES string of the molecule is C=CC(c1cc2ccc(Cl)cc2s1)S(=O)(=O)N[C@H]1CCN(c2ccc(C(=O)N(C)C(C)C)cc2F)C1=O. The molecule has 1 aliphatic heterocycles. The van der Waals surface area contributed by atoms with Crippen molar-refractivity contribution in [3.05, 3.63) is 76.4 Å². The Morgan fingerprint density at radius 2 is 2.00 bits per heavy atom. The molecule has 11 heteroatoms. The number of nitrogens with one attached hydrogen (secondary N) is 1. The molecule has 0 bridgehead atoms. The maximum Gasteiger partial charge on any atom is 0.253 e. The van der Waals surface area contributed by atoms with E-state index in [0.29, 0.717) is 9.90 Å². The van der Waals surface area contributed by atoms with Gasteiger partial charge in [-0.05, 0) is 62.1 Å². The standard InChI is InChI=1S/C26H27ClFN3O4S2/c1-5-24(23-13-16-6-8-18(27)14-22(16)36-23)37(34,35)29-20-10-11-31(26(20)33)21-9-7-17(12-19(21)28)25(32)30(4)15(2)3/h5-9,12-15,20,24,29H,1,10-11H2,2-4H3/t20-,24?/m0/s1. The first-order valence-corrected chi connectivity index (χ1v) is 14.4. The second kappa shape index (κ2) is 10.5. The number of fused-ring (bicyclic) bond motifs is 1. The van der Waals surface area contributed by atoms with Crippen LogP contribution < -0.4 is 9.62 Å². The number of carbonyl (C=O) groups is 2. The summed E-state index contributed by atoms with van der Waals surface area (Å²) in [4.78, 5) is 28.8. The van der Waals surface area contributed by atoms with Crippen LogP contribution in [-0.2, 0) is 14.8 Å². The molecule has 1 fully saturated rings. The molecule has 0 saturated carbocycles. The highest BCUT2D eigenvalue weighted by atomic mass is 35.5. The molecule has 1 saturated heterocycles. The van der Waals surface area contributed by atoms with E-state index in [1.54, 1.807) is 25.2 Å². The van der Waals surface area contributed by atoms with Crippen LogP contribution in [0.15, 0.2) is 55.1 Å². The number of hydrogen-bond donors (Lipinski definition) is 1. The van der Waals surface area contributed by atoms with Crippen molar-refractivity contribution >= 4 is 60.5 Å². The van der Waals surface area contributed by atoms with E-state index in [1.807, 2.05) is 19.9 Å². The van der Waals surface area contributed by atoms with Crippen LogP contribution in [0.25, 0.3) is 10.1 Å². The highest BCUT2D eigenvalue weighted by Crippen LogP contribution is 2.36. The minimum Gasteiger partial charge on any atom is -0.339 e. The van der Waals surface area contributed by atoms with Gasteiger partial charge in [-0.3, -0.25) is 9.59 Å². The van der Waals surface area contributed by atoms with E-state index in [0.717, 1.165) is 16.2 Å². The summed E-state index contributed by atoms with van der Waals surface area (Å²) in [5.41, 5.74) is 0.164. The first-order valence-electron chi connectivity index (χ1n) is 11.6. The molecule has 196 valence electrons. The quantitative estimate of drug-likeness (QED) is 0.385. The summed E-state index contributed by atoms with van der Waals surface area (Å²) in [5.74, 6) is -1.63. The molecule has 1 aliphatic rings. The lowest BCUT2D eigenvalue weighted by atomic mass is 10.1. The fourth-order valence-corrected chi connectivity index (χ4v) is 7.39. The van der Waals surface area contributed by atoms with Gasteiger partial charge in [-0.25, -0.2) is 17.5 Å². The van der Waals surface area contributed by atoms with E-state index >= 15 is 0 Å². The smallest absolute Gasteiger partial charge is 0.253 e. The Labute approximate surface area is 224 Å². The highest BCUT2D eigenvalue weighted by molar-refractivity contribution is 7.90.